The van der Waals surface area contributed by atoms with Crippen molar-refractivity contribution in [1.82, 2.24) is 14.6 Å². The van der Waals surface area contributed by atoms with Crippen molar-refractivity contribution in [3.63, 3.8) is 0 Å². The summed E-state index contributed by atoms with van der Waals surface area (Å²) in [6.45, 7) is 0.803. The third-order valence-electron chi connectivity index (χ3n) is 5.91. The number of amides is 1. The normalized spacial score (nSPS) is 17.6. The van der Waals surface area contributed by atoms with Crippen LogP contribution in [0.1, 0.15) is 17.5 Å². The molecule has 1 aliphatic rings. The van der Waals surface area contributed by atoms with E-state index in [0.717, 1.165) is 35.4 Å². The van der Waals surface area contributed by atoms with Crippen LogP contribution in [0, 0.1) is 12.7 Å². The van der Waals surface area contributed by atoms with Crippen molar-refractivity contribution in [1.29, 1.82) is 0 Å². The van der Waals surface area contributed by atoms with E-state index in [0.29, 0.717) is 21.4 Å². The van der Waals surface area contributed by atoms with Crippen molar-refractivity contribution in [3.8, 4) is 11.3 Å². The van der Waals surface area contributed by atoms with E-state index in [-0.39, 0.29) is 11.4 Å². The number of carbonyl (C=O) groups is 1. The monoisotopic (exact) mass is 518 g/mol. The van der Waals surface area contributed by atoms with Crippen molar-refractivity contribution < 1.29 is 26.4 Å². The van der Waals surface area contributed by atoms with Crippen LogP contribution in [-0.4, -0.2) is 49.2 Å². The van der Waals surface area contributed by atoms with Crippen LogP contribution >= 0.6 is 0 Å². The van der Waals surface area contributed by atoms with Crippen LogP contribution in [0.3, 0.4) is 0 Å². The molecule has 0 unspecified atom stereocenters. The highest BCUT2D eigenvalue weighted by atomic mass is 32.2. The van der Waals surface area contributed by atoms with E-state index in [1.54, 1.807) is 19.2 Å². The lowest BCUT2D eigenvalue weighted by Crippen LogP contribution is -2.45. The summed E-state index contributed by atoms with van der Waals surface area (Å²) in [5.41, 5.74) is 3.25. The molecule has 0 aliphatic carbocycles. The van der Waals surface area contributed by atoms with Crippen molar-refractivity contribution in [2.24, 2.45) is 0 Å². The number of nitrogens with one attached hydrogen (secondary N) is 2. The molecule has 4 rings (SSSR count). The van der Waals surface area contributed by atoms with E-state index in [4.69, 9.17) is 0 Å². The van der Waals surface area contributed by atoms with Gasteiger partial charge in [0.25, 0.3) is 5.92 Å². The molecule has 0 spiro atoms. The third-order valence-corrected chi connectivity index (χ3v) is 7.77. The molecule has 2 heterocycles. The van der Waals surface area contributed by atoms with E-state index < -0.39 is 46.7 Å². The topological polar surface area (TPSA) is 91.4 Å². The summed E-state index contributed by atoms with van der Waals surface area (Å²) in [4.78, 5) is 17.1. The molecule has 7 nitrogen and oxygen atoms in total. The fraction of sp³-hybridized carbons (Fsp3) is 0.280. The van der Waals surface area contributed by atoms with Gasteiger partial charge in [-0.1, -0.05) is 29.8 Å². The molecule has 0 radical (unpaired) electrons. The van der Waals surface area contributed by atoms with Crippen LogP contribution in [0.25, 0.3) is 11.3 Å². The highest BCUT2D eigenvalue weighted by molar-refractivity contribution is 7.89. The predicted molar refractivity (Wildman–Crippen MR) is 129 cm³/mol. The predicted octanol–water partition coefficient (Wildman–Crippen LogP) is 3.95. The molecular weight excluding hydrogens is 493 g/mol. The van der Waals surface area contributed by atoms with Gasteiger partial charge < -0.3 is 10.6 Å². The number of sulfonamides is 1. The smallest absolute Gasteiger partial charge is 0.263 e. The van der Waals surface area contributed by atoms with Gasteiger partial charge in [-0.2, -0.15) is 4.31 Å². The molecule has 2 N–H and O–H groups in total. The molecule has 3 aromatic rings. The number of halogens is 3. The number of pyridine rings is 1. The standard InChI is InChI=1S/C25H25F3N4O3S/c1-16-3-5-18(6-4-16)21-11-17(12-23(29-2)31-21)14-30-24(33)22-13-25(27,28)15-32(22)36(34,35)20-9-7-19(26)8-10-20/h3-12,22H,13-15H2,1-2H3,(H,29,31)(H,30,33)/t22-/m0/s1. The van der Waals surface area contributed by atoms with Gasteiger partial charge in [0.1, 0.15) is 17.7 Å². The lowest BCUT2D eigenvalue weighted by Gasteiger charge is -2.23. The van der Waals surface area contributed by atoms with Gasteiger partial charge in [0.15, 0.2) is 0 Å². The van der Waals surface area contributed by atoms with E-state index in [9.17, 15) is 26.4 Å². The van der Waals surface area contributed by atoms with Crippen molar-refractivity contribution >= 4 is 21.7 Å². The maximum atomic E-state index is 14.3. The number of benzene rings is 2. The summed E-state index contributed by atoms with van der Waals surface area (Å²) in [7, 11) is -2.76. The quantitative estimate of drug-likeness (QED) is 0.494. The first kappa shape index (κ1) is 25.6. The number of aromatic nitrogens is 1. The zero-order valence-corrected chi connectivity index (χ0v) is 20.4. The van der Waals surface area contributed by atoms with Crippen LogP contribution in [0.2, 0.25) is 0 Å². The van der Waals surface area contributed by atoms with Gasteiger partial charge in [-0.05, 0) is 48.9 Å². The minimum Gasteiger partial charge on any atom is -0.373 e. The number of hydrogen-bond donors (Lipinski definition) is 2. The van der Waals surface area contributed by atoms with Gasteiger partial charge in [-0.3, -0.25) is 4.79 Å². The largest absolute Gasteiger partial charge is 0.373 e. The van der Waals surface area contributed by atoms with Crippen LogP contribution in [0.15, 0.2) is 65.6 Å². The van der Waals surface area contributed by atoms with Crippen molar-refractivity contribution in [2.45, 2.75) is 36.7 Å². The molecule has 2 aromatic carbocycles. The average molecular weight is 519 g/mol. The minimum absolute atomic E-state index is 0.0264. The van der Waals surface area contributed by atoms with E-state index in [1.165, 1.54) is 0 Å². The fourth-order valence-corrected chi connectivity index (χ4v) is 5.62. The van der Waals surface area contributed by atoms with E-state index >= 15 is 0 Å². The lowest BCUT2D eigenvalue weighted by atomic mass is 10.1. The highest BCUT2D eigenvalue weighted by Crippen LogP contribution is 2.36. The summed E-state index contributed by atoms with van der Waals surface area (Å²) in [5, 5.41) is 5.54. The first-order chi connectivity index (χ1) is 17.0. The van der Waals surface area contributed by atoms with Crippen LogP contribution in [0.5, 0.6) is 0 Å². The maximum Gasteiger partial charge on any atom is 0.263 e. The van der Waals surface area contributed by atoms with Gasteiger partial charge in [0.2, 0.25) is 15.9 Å². The SMILES string of the molecule is CNc1cc(CNC(=O)[C@@H]2CC(F)(F)CN2S(=O)(=O)c2ccc(F)cc2)cc(-c2ccc(C)cc2)n1. The molecule has 0 saturated carbocycles. The third kappa shape index (κ3) is 5.52. The summed E-state index contributed by atoms with van der Waals surface area (Å²) in [6, 6.07) is 13.4. The molecule has 0 bridgehead atoms. The number of rotatable bonds is 7. The average Bonchev–Trinajstić information content (AvgIpc) is 3.19. The van der Waals surface area contributed by atoms with Gasteiger partial charge >= 0.3 is 0 Å². The summed E-state index contributed by atoms with van der Waals surface area (Å²) in [6.07, 6.45) is -0.952. The first-order valence-corrected chi connectivity index (χ1v) is 12.6. The van der Waals surface area contributed by atoms with Gasteiger partial charge in [0.05, 0.1) is 17.1 Å². The Bertz CT molecular complexity index is 1360. The minimum atomic E-state index is -4.45. The van der Waals surface area contributed by atoms with Gasteiger partial charge in [0, 0.05) is 25.6 Å². The Morgan fingerprint density at radius 1 is 1.11 bits per heavy atom. The second-order valence-corrected chi connectivity index (χ2v) is 10.6. The molecule has 11 heteroatoms. The summed E-state index contributed by atoms with van der Waals surface area (Å²) < 4.78 is 68.3. The maximum absolute atomic E-state index is 14.3. The Balaban J connectivity index is 1.55. The second kappa shape index (κ2) is 9.90. The van der Waals surface area contributed by atoms with Gasteiger partial charge in [-0.15, -0.1) is 0 Å². The lowest BCUT2D eigenvalue weighted by molar-refractivity contribution is -0.124. The van der Waals surface area contributed by atoms with E-state index in [1.807, 2.05) is 31.2 Å². The van der Waals surface area contributed by atoms with Crippen molar-refractivity contribution in [3.05, 3.63) is 77.6 Å². The Morgan fingerprint density at radius 3 is 2.42 bits per heavy atom. The number of anilines is 1. The van der Waals surface area contributed by atoms with Crippen LogP contribution in [0.4, 0.5) is 19.0 Å². The second-order valence-electron chi connectivity index (χ2n) is 8.66. The zero-order valence-electron chi connectivity index (χ0n) is 19.6. The number of carbonyl (C=O) groups excluding carboxylic acids is 1. The van der Waals surface area contributed by atoms with Gasteiger partial charge in [-0.25, -0.2) is 26.6 Å². The number of alkyl halides is 2. The highest BCUT2D eigenvalue weighted by Gasteiger charge is 2.52. The van der Waals surface area contributed by atoms with E-state index in [2.05, 4.69) is 15.6 Å². The molecule has 1 aromatic heterocycles. The molecule has 1 saturated heterocycles. The zero-order chi connectivity index (χ0) is 26.1. The Morgan fingerprint density at radius 2 is 1.78 bits per heavy atom. The Hall–Kier alpha value is -3.44. The Labute approximate surface area is 207 Å². The molecule has 1 atom stereocenters. The fourth-order valence-electron chi connectivity index (χ4n) is 4.00. The molecular formula is C25H25F3N4O3S. The molecule has 1 aliphatic heterocycles. The first-order valence-electron chi connectivity index (χ1n) is 11.2. The Kier molecular flexibility index (Phi) is 7.05. The van der Waals surface area contributed by atoms with Crippen LogP contribution in [-0.2, 0) is 21.4 Å². The van der Waals surface area contributed by atoms with Crippen molar-refractivity contribution in [2.75, 3.05) is 18.9 Å². The molecule has 190 valence electrons. The molecule has 36 heavy (non-hydrogen) atoms. The summed E-state index contributed by atoms with van der Waals surface area (Å²) >= 11 is 0. The van der Waals surface area contributed by atoms with Crippen LogP contribution < -0.4 is 10.6 Å². The number of hydrogen-bond acceptors (Lipinski definition) is 5. The molecule has 1 fully saturated rings. The summed E-state index contributed by atoms with van der Waals surface area (Å²) in [5.74, 6) is -4.36. The number of aryl methyl sites for hydroxylation is 1. The molecule has 1 amide bonds. The number of nitrogens with zero attached hydrogens (tertiary/aromatic N) is 2.